The number of aromatic nitrogens is 1. The van der Waals surface area contributed by atoms with E-state index in [4.69, 9.17) is 17.3 Å². The van der Waals surface area contributed by atoms with E-state index in [2.05, 4.69) is 18.8 Å². The van der Waals surface area contributed by atoms with Crippen LogP contribution in [-0.2, 0) is 4.79 Å². The van der Waals surface area contributed by atoms with E-state index in [-0.39, 0.29) is 12.5 Å². The highest BCUT2D eigenvalue weighted by Crippen LogP contribution is 2.15. The van der Waals surface area contributed by atoms with Crippen molar-refractivity contribution in [1.82, 2.24) is 4.98 Å². The number of pyridine rings is 1. The van der Waals surface area contributed by atoms with Gasteiger partial charge < -0.3 is 10.6 Å². The molecule has 2 N–H and O–H groups in total. The molecule has 1 aromatic heterocycles. The summed E-state index contributed by atoms with van der Waals surface area (Å²) in [5.41, 5.74) is 5.20. The van der Waals surface area contributed by atoms with Crippen LogP contribution in [0.4, 0.5) is 5.82 Å². The van der Waals surface area contributed by atoms with Crippen LogP contribution in [0.25, 0.3) is 0 Å². The first kappa shape index (κ1) is 12.8. The van der Waals surface area contributed by atoms with Gasteiger partial charge >= 0.3 is 0 Å². The van der Waals surface area contributed by atoms with Gasteiger partial charge in [0.25, 0.3) is 0 Å². The molecule has 1 heterocycles. The normalized spacial score (nSPS) is 10.5. The minimum Gasteiger partial charge on any atom is -0.368 e. The topological polar surface area (TPSA) is 59.2 Å². The summed E-state index contributed by atoms with van der Waals surface area (Å²) in [6, 6.07) is 3.53. The summed E-state index contributed by atoms with van der Waals surface area (Å²) in [5.74, 6) is 0.783. The molecule has 0 saturated carbocycles. The fourth-order valence-electron chi connectivity index (χ4n) is 1.42. The van der Waals surface area contributed by atoms with E-state index < -0.39 is 0 Å². The van der Waals surface area contributed by atoms with Crippen molar-refractivity contribution in [3.05, 3.63) is 23.4 Å². The Morgan fingerprint density at radius 3 is 2.69 bits per heavy atom. The molecule has 0 atom stereocenters. The monoisotopic (exact) mass is 241 g/mol. The molecular weight excluding hydrogens is 226 g/mol. The summed E-state index contributed by atoms with van der Waals surface area (Å²) in [5, 5.41) is 0.576. The molecule has 1 aromatic rings. The average molecular weight is 242 g/mol. The van der Waals surface area contributed by atoms with Crippen molar-refractivity contribution in [1.29, 1.82) is 0 Å². The standard InChI is InChI=1S/C11H16ClN3O/c1-8(2)6-15(7-10(13)16)11-4-3-9(12)5-14-11/h3-5,8H,6-7H2,1-2H3,(H2,13,16). The minimum absolute atomic E-state index is 0.173. The van der Waals surface area contributed by atoms with Crippen LogP contribution in [0.5, 0.6) is 0 Å². The minimum atomic E-state index is -0.364. The molecule has 1 rings (SSSR count). The lowest BCUT2D eigenvalue weighted by atomic mass is 10.2. The maximum absolute atomic E-state index is 11.0. The van der Waals surface area contributed by atoms with Gasteiger partial charge in [-0.2, -0.15) is 0 Å². The lowest BCUT2D eigenvalue weighted by Gasteiger charge is -2.24. The number of carbonyl (C=O) groups excluding carboxylic acids is 1. The highest BCUT2D eigenvalue weighted by molar-refractivity contribution is 6.30. The highest BCUT2D eigenvalue weighted by Gasteiger charge is 2.12. The predicted molar refractivity (Wildman–Crippen MR) is 65.5 cm³/mol. The summed E-state index contributed by atoms with van der Waals surface area (Å²) in [6.07, 6.45) is 1.56. The fraction of sp³-hybridized carbons (Fsp3) is 0.455. The maximum atomic E-state index is 11.0. The Morgan fingerprint density at radius 1 is 1.56 bits per heavy atom. The number of nitrogens with two attached hydrogens (primary N) is 1. The number of hydrogen-bond acceptors (Lipinski definition) is 3. The molecule has 0 fully saturated rings. The van der Waals surface area contributed by atoms with E-state index in [0.717, 1.165) is 12.4 Å². The predicted octanol–water partition coefficient (Wildman–Crippen LogP) is 1.68. The third kappa shape index (κ3) is 4.06. The summed E-state index contributed by atoms with van der Waals surface area (Å²) in [4.78, 5) is 17.0. The largest absolute Gasteiger partial charge is 0.368 e. The Labute approximate surface area is 100 Å². The van der Waals surface area contributed by atoms with Gasteiger partial charge in [-0.15, -0.1) is 0 Å². The Balaban J connectivity index is 2.82. The van der Waals surface area contributed by atoms with Crippen molar-refractivity contribution in [3.8, 4) is 0 Å². The quantitative estimate of drug-likeness (QED) is 0.853. The number of carbonyl (C=O) groups is 1. The van der Waals surface area contributed by atoms with Gasteiger partial charge in [-0.25, -0.2) is 4.98 Å². The molecule has 0 bridgehead atoms. The van der Waals surface area contributed by atoms with Crippen LogP contribution < -0.4 is 10.6 Å². The molecule has 88 valence electrons. The Morgan fingerprint density at radius 2 is 2.25 bits per heavy atom. The first-order valence-corrected chi connectivity index (χ1v) is 5.51. The van der Waals surface area contributed by atoms with E-state index in [0.29, 0.717) is 10.9 Å². The second kappa shape index (κ2) is 5.70. The molecule has 0 aliphatic rings. The van der Waals surface area contributed by atoms with Crippen molar-refractivity contribution in [2.75, 3.05) is 18.0 Å². The molecule has 0 radical (unpaired) electrons. The Hall–Kier alpha value is -1.29. The zero-order valence-corrected chi connectivity index (χ0v) is 10.2. The molecule has 0 aromatic carbocycles. The molecule has 1 amide bonds. The average Bonchev–Trinajstić information content (AvgIpc) is 2.16. The van der Waals surface area contributed by atoms with Crippen molar-refractivity contribution in [3.63, 3.8) is 0 Å². The second-order valence-corrected chi connectivity index (χ2v) is 4.51. The van der Waals surface area contributed by atoms with Gasteiger partial charge in [-0.3, -0.25) is 4.79 Å². The number of hydrogen-bond donors (Lipinski definition) is 1. The van der Waals surface area contributed by atoms with Gasteiger partial charge in [-0.1, -0.05) is 25.4 Å². The molecule has 0 spiro atoms. The molecule has 0 aliphatic carbocycles. The van der Waals surface area contributed by atoms with Crippen LogP contribution in [0.2, 0.25) is 5.02 Å². The maximum Gasteiger partial charge on any atom is 0.236 e. The first-order chi connectivity index (χ1) is 7.49. The number of halogens is 1. The lowest BCUT2D eigenvalue weighted by Crippen LogP contribution is -2.36. The molecule has 0 saturated heterocycles. The summed E-state index contributed by atoms with van der Waals surface area (Å²) in [6.45, 7) is 5.05. The number of nitrogens with zero attached hydrogens (tertiary/aromatic N) is 2. The zero-order chi connectivity index (χ0) is 12.1. The van der Waals surface area contributed by atoms with Gasteiger partial charge in [-0.05, 0) is 18.1 Å². The van der Waals surface area contributed by atoms with Crippen molar-refractivity contribution in [2.45, 2.75) is 13.8 Å². The second-order valence-electron chi connectivity index (χ2n) is 4.08. The third-order valence-corrected chi connectivity index (χ3v) is 2.19. The number of anilines is 1. The smallest absolute Gasteiger partial charge is 0.236 e. The third-order valence-electron chi connectivity index (χ3n) is 1.97. The molecule has 4 nitrogen and oxygen atoms in total. The van der Waals surface area contributed by atoms with Crippen LogP contribution in [0.3, 0.4) is 0 Å². The zero-order valence-electron chi connectivity index (χ0n) is 9.48. The lowest BCUT2D eigenvalue weighted by molar-refractivity contribution is -0.116. The van der Waals surface area contributed by atoms with E-state index >= 15 is 0 Å². The molecule has 0 aliphatic heterocycles. The molecular formula is C11H16ClN3O. The fourth-order valence-corrected chi connectivity index (χ4v) is 1.53. The van der Waals surface area contributed by atoms with Gasteiger partial charge in [0, 0.05) is 12.7 Å². The van der Waals surface area contributed by atoms with Crippen LogP contribution in [0.15, 0.2) is 18.3 Å². The molecule has 5 heteroatoms. The van der Waals surface area contributed by atoms with E-state index in [1.54, 1.807) is 18.3 Å². The number of amides is 1. The van der Waals surface area contributed by atoms with Crippen LogP contribution in [0.1, 0.15) is 13.8 Å². The van der Waals surface area contributed by atoms with Crippen LogP contribution >= 0.6 is 11.6 Å². The van der Waals surface area contributed by atoms with Crippen molar-refractivity contribution < 1.29 is 4.79 Å². The van der Waals surface area contributed by atoms with E-state index in [1.165, 1.54) is 0 Å². The SMILES string of the molecule is CC(C)CN(CC(N)=O)c1ccc(Cl)cn1. The van der Waals surface area contributed by atoms with Crippen LogP contribution in [-0.4, -0.2) is 24.0 Å². The van der Waals surface area contributed by atoms with E-state index in [1.807, 2.05) is 4.90 Å². The van der Waals surface area contributed by atoms with Crippen LogP contribution in [0, 0.1) is 5.92 Å². The Kier molecular flexibility index (Phi) is 4.55. The summed E-state index contributed by atoms with van der Waals surface area (Å²) in [7, 11) is 0. The molecule has 0 unspecified atom stereocenters. The highest BCUT2D eigenvalue weighted by atomic mass is 35.5. The van der Waals surface area contributed by atoms with Gasteiger partial charge in [0.15, 0.2) is 0 Å². The van der Waals surface area contributed by atoms with Gasteiger partial charge in [0.1, 0.15) is 5.82 Å². The molecule has 16 heavy (non-hydrogen) atoms. The summed E-state index contributed by atoms with van der Waals surface area (Å²) < 4.78 is 0. The van der Waals surface area contributed by atoms with Crippen molar-refractivity contribution >= 4 is 23.3 Å². The first-order valence-electron chi connectivity index (χ1n) is 5.14. The van der Waals surface area contributed by atoms with Gasteiger partial charge in [0.2, 0.25) is 5.91 Å². The van der Waals surface area contributed by atoms with Crippen molar-refractivity contribution in [2.24, 2.45) is 11.7 Å². The Bertz CT molecular complexity index is 351. The summed E-state index contributed by atoms with van der Waals surface area (Å²) >= 11 is 5.76. The number of rotatable bonds is 5. The number of primary amides is 1. The van der Waals surface area contributed by atoms with Gasteiger partial charge in [0.05, 0.1) is 11.6 Å². The van der Waals surface area contributed by atoms with E-state index in [9.17, 15) is 4.79 Å².